The number of aryl methyl sites for hydroxylation is 4. The molecule has 0 aromatic carbocycles. The molecule has 18 heavy (non-hydrogen) atoms. The summed E-state index contributed by atoms with van der Waals surface area (Å²) in [7, 11) is 0. The molecule has 0 saturated heterocycles. The minimum atomic E-state index is 0.617. The molecule has 1 aliphatic carbocycles. The molecular formula is C13H16N4S. The van der Waals surface area contributed by atoms with Crippen molar-refractivity contribution in [2.24, 2.45) is 0 Å². The highest BCUT2D eigenvalue weighted by molar-refractivity contribution is 7.12. The number of thiophene rings is 1. The highest BCUT2D eigenvalue weighted by atomic mass is 32.1. The van der Waals surface area contributed by atoms with Gasteiger partial charge in [0.1, 0.15) is 0 Å². The van der Waals surface area contributed by atoms with Gasteiger partial charge in [-0.1, -0.05) is 0 Å². The predicted octanol–water partition coefficient (Wildman–Crippen LogP) is 2.65. The molecule has 0 bridgehead atoms. The Morgan fingerprint density at radius 1 is 1.22 bits per heavy atom. The quantitative estimate of drug-likeness (QED) is 0.921. The smallest absolute Gasteiger partial charge is 0.243 e. The van der Waals surface area contributed by atoms with Crippen molar-refractivity contribution >= 4 is 17.3 Å². The minimum Gasteiger partial charge on any atom is -0.348 e. The summed E-state index contributed by atoms with van der Waals surface area (Å²) in [6.07, 6.45) is 3.81. The van der Waals surface area contributed by atoms with Gasteiger partial charge in [0.25, 0.3) is 0 Å². The monoisotopic (exact) mass is 260 g/mol. The minimum absolute atomic E-state index is 0.617. The number of hydrogen-bond donors (Lipinski definition) is 1. The van der Waals surface area contributed by atoms with Gasteiger partial charge in [-0.15, -0.1) is 16.4 Å². The summed E-state index contributed by atoms with van der Waals surface area (Å²) in [6.45, 7) is 4.67. The Labute approximate surface area is 110 Å². The zero-order valence-corrected chi connectivity index (χ0v) is 11.5. The largest absolute Gasteiger partial charge is 0.348 e. The lowest BCUT2D eigenvalue weighted by Gasteiger charge is -2.04. The second-order valence-corrected chi connectivity index (χ2v) is 5.90. The number of rotatable bonds is 3. The SMILES string of the molecule is Cc1nnc(NCc2cc3c(s2)CCC3)nc1C. The average Bonchev–Trinajstić information content (AvgIpc) is 2.91. The number of anilines is 1. The molecule has 0 fully saturated rings. The van der Waals surface area contributed by atoms with Crippen molar-refractivity contribution in [3.05, 3.63) is 32.8 Å². The maximum atomic E-state index is 4.37. The van der Waals surface area contributed by atoms with Gasteiger partial charge in [0.15, 0.2) is 0 Å². The molecule has 2 aromatic heterocycles. The van der Waals surface area contributed by atoms with Crippen LogP contribution in [-0.4, -0.2) is 15.2 Å². The molecule has 3 rings (SSSR count). The topological polar surface area (TPSA) is 50.7 Å². The third kappa shape index (κ3) is 2.22. The van der Waals surface area contributed by atoms with Gasteiger partial charge >= 0.3 is 0 Å². The van der Waals surface area contributed by atoms with Crippen LogP contribution in [0.4, 0.5) is 5.95 Å². The first-order chi connectivity index (χ1) is 8.72. The molecule has 0 radical (unpaired) electrons. The second kappa shape index (κ2) is 4.65. The molecule has 2 heterocycles. The van der Waals surface area contributed by atoms with E-state index in [0.717, 1.165) is 17.9 Å². The predicted molar refractivity (Wildman–Crippen MR) is 73.0 cm³/mol. The van der Waals surface area contributed by atoms with Gasteiger partial charge in [-0.05, 0) is 44.7 Å². The molecule has 0 saturated carbocycles. The fourth-order valence-electron chi connectivity index (χ4n) is 2.18. The number of aromatic nitrogens is 3. The summed E-state index contributed by atoms with van der Waals surface area (Å²) in [5.74, 6) is 0.617. The second-order valence-electron chi connectivity index (χ2n) is 4.67. The summed E-state index contributed by atoms with van der Waals surface area (Å²) in [4.78, 5) is 7.29. The number of nitrogens with zero attached hydrogens (tertiary/aromatic N) is 3. The molecule has 0 atom stereocenters. The van der Waals surface area contributed by atoms with Crippen molar-refractivity contribution in [3.8, 4) is 0 Å². The Hall–Kier alpha value is -1.49. The summed E-state index contributed by atoms with van der Waals surface area (Å²) in [5.41, 5.74) is 3.35. The number of fused-ring (bicyclic) bond motifs is 1. The van der Waals surface area contributed by atoms with E-state index >= 15 is 0 Å². The lowest BCUT2D eigenvalue weighted by molar-refractivity contribution is 0.886. The van der Waals surface area contributed by atoms with Crippen LogP contribution in [0.3, 0.4) is 0 Å². The van der Waals surface area contributed by atoms with Gasteiger partial charge in [0.05, 0.1) is 17.9 Å². The van der Waals surface area contributed by atoms with Crippen molar-refractivity contribution in [2.75, 3.05) is 5.32 Å². The van der Waals surface area contributed by atoms with Crippen molar-refractivity contribution in [1.29, 1.82) is 0 Å². The molecular weight excluding hydrogens is 244 g/mol. The van der Waals surface area contributed by atoms with Crippen molar-refractivity contribution in [3.63, 3.8) is 0 Å². The van der Waals surface area contributed by atoms with E-state index in [2.05, 4.69) is 26.6 Å². The first-order valence-electron chi connectivity index (χ1n) is 6.24. The van der Waals surface area contributed by atoms with Crippen LogP contribution < -0.4 is 5.32 Å². The van der Waals surface area contributed by atoms with E-state index in [-0.39, 0.29) is 0 Å². The van der Waals surface area contributed by atoms with Gasteiger partial charge in [0, 0.05) is 9.75 Å². The van der Waals surface area contributed by atoms with Crippen LogP contribution in [0.5, 0.6) is 0 Å². The highest BCUT2D eigenvalue weighted by Gasteiger charge is 2.14. The molecule has 94 valence electrons. The Balaban J connectivity index is 1.68. The lowest BCUT2D eigenvalue weighted by Crippen LogP contribution is -2.06. The van der Waals surface area contributed by atoms with Gasteiger partial charge in [-0.25, -0.2) is 4.98 Å². The standard InChI is InChI=1S/C13H16N4S/c1-8-9(2)16-17-13(15-8)14-7-11-6-10-4-3-5-12(10)18-11/h6H,3-5,7H2,1-2H3,(H,14,15,17). The van der Waals surface area contributed by atoms with Crippen molar-refractivity contribution in [1.82, 2.24) is 15.2 Å². The van der Waals surface area contributed by atoms with Crippen LogP contribution >= 0.6 is 11.3 Å². The Bertz CT molecular complexity index is 555. The summed E-state index contributed by atoms with van der Waals surface area (Å²) in [6, 6.07) is 2.31. The Morgan fingerprint density at radius 2 is 2.11 bits per heavy atom. The fourth-order valence-corrected chi connectivity index (χ4v) is 3.38. The van der Waals surface area contributed by atoms with Crippen LogP contribution in [0.15, 0.2) is 6.07 Å². The van der Waals surface area contributed by atoms with E-state index in [9.17, 15) is 0 Å². The molecule has 2 aromatic rings. The molecule has 4 nitrogen and oxygen atoms in total. The van der Waals surface area contributed by atoms with E-state index < -0.39 is 0 Å². The lowest BCUT2D eigenvalue weighted by atomic mass is 10.2. The first-order valence-corrected chi connectivity index (χ1v) is 7.06. The van der Waals surface area contributed by atoms with Crippen LogP contribution in [0.25, 0.3) is 0 Å². The summed E-state index contributed by atoms with van der Waals surface area (Å²) in [5, 5.41) is 11.4. The zero-order valence-electron chi connectivity index (χ0n) is 10.7. The first kappa shape index (κ1) is 11.6. The molecule has 0 aliphatic heterocycles. The van der Waals surface area contributed by atoms with E-state index in [0.29, 0.717) is 5.95 Å². The third-order valence-electron chi connectivity index (χ3n) is 3.31. The maximum Gasteiger partial charge on any atom is 0.243 e. The van der Waals surface area contributed by atoms with Gasteiger partial charge in [-0.3, -0.25) is 0 Å². The molecule has 1 aliphatic rings. The summed E-state index contributed by atoms with van der Waals surface area (Å²) < 4.78 is 0. The van der Waals surface area contributed by atoms with E-state index in [4.69, 9.17) is 0 Å². The Morgan fingerprint density at radius 3 is 2.89 bits per heavy atom. The summed E-state index contributed by atoms with van der Waals surface area (Å²) >= 11 is 1.91. The molecule has 0 spiro atoms. The molecule has 1 N–H and O–H groups in total. The van der Waals surface area contributed by atoms with E-state index in [1.165, 1.54) is 29.7 Å². The van der Waals surface area contributed by atoms with Crippen LogP contribution in [-0.2, 0) is 19.4 Å². The fraction of sp³-hybridized carbons (Fsp3) is 0.462. The van der Waals surface area contributed by atoms with Crippen LogP contribution in [0.1, 0.15) is 33.1 Å². The highest BCUT2D eigenvalue weighted by Crippen LogP contribution is 2.30. The van der Waals surface area contributed by atoms with Gasteiger partial charge in [-0.2, -0.15) is 5.10 Å². The normalized spacial score (nSPS) is 13.7. The van der Waals surface area contributed by atoms with Gasteiger partial charge in [0.2, 0.25) is 5.95 Å². The van der Waals surface area contributed by atoms with Crippen molar-refractivity contribution in [2.45, 2.75) is 39.7 Å². The number of hydrogen-bond acceptors (Lipinski definition) is 5. The van der Waals surface area contributed by atoms with Crippen LogP contribution in [0, 0.1) is 13.8 Å². The third-order valence-corrected chi connectivity index (χ3v) is 4.55. The van der Waals surface area contributed by atoms with Gasteiger partial charge < -0.3 is 5.32 Å². The van der Waals surface area contributed by atoms with E-state index in [1.807, 2.05) is 25.2 Å². The zero-order chi connectivity index (χ0) is 12.5. The Kier molecular flexibility index (Phi) is 2.99. The van der Waals surface area contributed by atoms with Crippen molar-refractivity contribution < 1.29 is 0 Å². The molecule has 0 unspecified atom stereocenters. The number of nitrogens with one attached hydrogen (secondary N) is 1. The average molecular weight is 260 g/mol. The molecule has 0 amide bonds. The maximum absolute atomic E-state index is 4.37. The van der Waals surface area contributed by atoms with E-state index in [1.54, 1.807) is 4.88 Å². The van der Waals surface area contributed by atoms with Crippen LogP contribution in [0.2, 0.25) is 0 Å². The molecule has 5 heteroatoms.